The molecule has 0 heterocycles. The number of benzene rings is 1. The maximum Gasteiger partial charge on any atom is 0.243 e. The van der Waals surface area contributed by atoms with Gasteiger partial charge in [-0.25, -0.2) is 0 Å². The van der Waals surface area contributed by atoms with Crippen LogP contribution in [0.15, 0.2) is 24.3 Å². The van der Waals surface area contributed by atoms with Gasteiger partial charge in [-0.05, 0) is 29.5 Å². The van der Waals surface area contributed by atoms with Gasteiger partial charge in [-0.1, -0.05) is 39.8 Å². The van der Waals surface area contributed by atoms with Gasteiger partial charge >= 0.3 is 0 Å². The fourth-order valence-electron chi connectivity index (χ4n) is 1.77. The van der Waals surface area contributed by atoms with Crippen molar-refractivity contribution in [1.29, 1.82) is 0 Å². The van der Waals surface area contributed by atoms with Crippen LogP contribution in [0.1, 0.15) is 39.2 Å². The topological polar surface area (TPSA) is 84.2 Å². The average molecular weight is 291 g/mol. The van der Waals surface area contributed by atoms with Crippen LogP contribution < -0.4 is 16.4 Å². The Morgan fingerprint density at radius 1 is 1.19 bits per heavy atom. The molecule has 0 unspecified atom stereocenters. The van der Waals surface area contributed by atoms with Gasteiger partial charge in [0.2, 0.25) is 11.8 Å². The van der Waals surface area contributed by atoms with E-state index in [1.54, 1.807) is 0 Å². The Morgan fingerprint density at radius 3 is 2.43 bits per heavy atom. The van der Waals surface area contributed by atoms with E-state index in [1.165, 1.54) is 0 Å². The molecule has 0 saturated heterocycles. The number of nitrogens with one attached hydrogen (secondary N) is 2. The van der Waals surface area contributed by atoms with Gasteiger partial charge < -0.3 is 16.4 Å². The smallest absolute Gasteiger partial charge is 0.243 e. The summed E-state index contributed by atoms with van der Waals surface area (Å²) in [6, 6.07) is 7.08. The zero-order valence-electron chi connectivity index (χ0n) is 13.1. The summed E-state index contributed by atoms with van der Waals surface area (Å²) in [5.74, 6) is -0.141. The summed E-state index contributed by atoms with van der Waals surface area (Å²) in [7, 11) is 0. The second-order valence-electron chi connectivity index (χ2n) is 5.82. The molecule has 0 aliphatic carbocycles. The van der Waals surface area contributed by atoms with Crippen LogP contribution in [0.25, 0.3) is 0 Å². The van der Waals surface area contributed by atoms with Gasteiger partial charge in [0.1, 0.15) is 0 Å². The lowest BCUT2D eigenvalue weighted by Gasteiger charge is -2.15. The molecule has 0 bridgehead atoms. The van der Waals surface area contributed by atoms with Gasteiger partial charge in [0.15, 0.2) is 0 Å². The molecule has 5 nitrogen and oxygen atoms in total. The normalized spacial score (nSPS) is 12.3. The number of carbonyl (C=O) groups is 2. The van der Waals surface area contributed by atoms with Crippen molar-refractivity contribution in [3.05, 3.63) is 29.8 Å². The standard InChI is InChI=1S/C16H25N3O2/c1-10(2)12-6-5-7-13(8-12)19-14(20)9-18-16(21)15(17)11(3)4/h5-8,10-11,15H,9,17H2,1-4H3,(H,18,21)(H,19,20)/t15-/m0/s1. The molecule has 0 fully saturated rings. The first kappa shape index (κ1) is 17.2. The molecule has 0 aliphatic rings. The summed E-state index contributed by atoms with van der Waals surface area (Å²) < 4.78 is 0. The molecule has 5 heteroatoms. The van der Waals surface area contributed by atoms with Gasteiger partial charge in [0.25, 0.3) is 0 Å². The minimum atomic E-state index is -0.595. The Bertz CT molecular complexity index is 498. The molecular formula is C16H25N3O2. The van der Waals surface area contributed by atoms with Crippen molar-refractivity contribution < 1.29 is 9.59 Å². The Labute approximate surface area is 126 Å². The van der Waals surface area contributed by atoms with Crippen LogP contribution >= 0.6 is 0 Å². The SMILES string of the molecule is CC(C)c1cccc(NC(=O)CNC(=O)[C@@H](N)C(C)C)c1. The molecule has 1 aromatic carbocycles. The minimum Gasteiger partial charge on any atom is -0.346 e. The number of rotatable bonds is 6. The van der Waals surface area contributed by atoms with E-state index in [0.29, 0.717) is 5.92 Å². The maximum absolute atomic E-state index is 11.8. The molecule has 116 valence electrons. The number of carbonyl (C=O) groups excluding carboxylic acids is 2. The number of amides is 2. The Balaban J connectivity index is 2.51. The molecule has 0 aliphatic heterocycles. The van der Waals surface area contributed by atoms with Gasteiger partial charge in [0.05, 0.1) is 12.6 Å². The molecule has 1 aromatic rings. The second-order valence-corrected chi connectivity index (χ2v) is 5.82. The third-order valence-electron chi connectivity index (χ3n) is 3.28. The number of anilines is 1. The van der Waals surface area contributed by atoms with E-state index in [9.17, 15) is 9.59 Å². The molecule has 0 radical (unpaired) electrons. The van der Waals surface area contributed by atoms with Gasteiger partial charge in [-0.3, -0.25) is 9.59 Å². The predicted molar refractivity (Wildman–Crippen MR) is 85.0 cm³/mol. The average Bonchev–Trinajstić information content (AvgIpc) is 2.44. The Hall–Kier alpha value is -1.88. The van der Waals surface area contributed by atoms with Crippen LogP contribution in [-0.2, 0) is 9.59 Å². The minimum absolute atomic E-state index is 0.0378. The molecule has 0 spiro atoms. The van der Waals surface area contributed by atoms with Crippen molar-refractivity contribution in [3.63, 3.8) is 0 Å². The van der Waals surface area contributed by atoms with Gasteiger partial charge in [-0.15, -0.1) is 0 Å². The molecule has 1 atom stereocenters. The quantitative estimate of drug-likeness (QED) is 0.748. The van der Waals surface area contributed by atoms with E-state index in [2.05, 4.69) is 24.5 Å². The summed E-state index contributed by atoms with van der Waals surface area (Å²) in [4.78, 5) is 23.5. The van der Waals surface area contributed by atoms with Crippen LogP contribution in [-0.4, -0.2) is 24.4 Å². The largest absolute Gasteiger partial charge is 0.346 e. The highest BCUT2D eigenvalue weighted by Crippen LogP contribution is 2.18. The summed E-state index contributed by atoms with van der Waals surface area (Å²) in [5.41, 5.74) is 7.59. The lowest BCUT2D eigenvalue weighted by atomic mass is 10.0. The summed E-state index contributed by atoms with van der Waals surface area (Å²) >= 11 is 0. The van der Waals surface area contributed by atoms with E-state index in [1.807, 2.05) is 38.1 Å². The van der Waals surface area contributed by atoms with Crippen molar-refractivity contribution in [3.8, 4) is 0 Å². The first-order valence-corrected chi connectivity index (χ1v) is 7.24. The first-order chi connectivity index (χ1) is 9.81. The first-order valence-electron chi connectivity index (χ1n) is 7.24. The van der Waals surface area contributed by atoms with E-state index in [0.717, 1.165) is 11.3 Å². The van der Waals surface area contributed by atoms with Crippen molar-refractivity contribution >= 4 is 17.5 Å². The third kappa shape index (κ3) is 5.55. The van der Waals surface area contributed by atoms with Crippen LogP contribution in [0.4, 0.5) is 5.69 Å². The van der Waals surface area contributed by atoms with Crippen LogP contribution in [0.3, 0.4) is 0 Å². The lowest BCUT2D eigenvalue weighted by Crippen LogP contribution is -2.46. The highest BCUT2D eigenvalue weighted by molar-refractivity contribution is 5.95. The Kier molecular flexibility index (Phi) is 6.37. The fourth-order valence-corrected chi connectivity index (χ4v) is 1.77. The number of hydrogen-bond donors (Lipinski definition) is 3. The van der Waals surface area contributed by atoms with Crippen LogP contribution in [0.5, 0.6) is 0 Å². The monoisotopic (exact) mass is 291 g/mol. The van der Waals surface area contributed by atoms with Crippen molar-refractivity contribution in [2.45, 2.75) is 39.7 Å². The molecule has 21 heavy (non-hydrogen) atoms. The third-order valence-corrected chi connectivity index (χ3v) is 3.28. The van der Waals surface area contributed by atoms with Crippen molar-refractivity contribution in [2.24, 2.45) is 11.7 Å². The second kappa shape index (κ2) is 7.78. The Morgan fingerprint density at radius 2 is 1.86 bits per heavy atom. The summed E-state index contributed by atoms with van der Waals surface area (Å²) in [5, 5.41) is 5.31. The van der Waals surface area contributed by atoms with Crippen LogP contribution in [0, 0.1) is 5.92 Å². The van der Waals surface area contributed by atoms with E-state index < -0.39 is 6.04 Å². The van der Waals surface area contributed by atoms with Gasteiger partial charge in [0, 0.05) is 5.69 Å². The zero-order valence-corrected chi connectivity index (χ0v) is 13.1. The molecule has 1 rings (SSSR count). The van der Waals surface area contributed by atoms with Crippen LogP contribution in [0.2, 0.25) is 0 Å². The molecular weight excluding hydrogens is 266 g/mol. The predicted octanol–water partition coefficient (Wildman–Crippen LogP) is 1.85. The molecule has 2 amide bonds. The highest BCUT2D eigenvalue weighted by atomic mass is 16.2. The highest BCUT2D eigenvalue weighted by Gasteiger charge is 2.17. The van der Waals surface area contributed by atoms with Crippen molar-refractivity contribution in [1.82, 2.24) is 5.32 Å². The van der Waals surface area contributed by atoms with Gasteiger partial charge in [-0.2, -0.15) is 0 Å². The fraction of sp³-hybridized carbons (Fsp3) is 0.500. The molecule has 0 saturated carbocycles. The summed E-state index contributed by atoms with van der Waals surface area (Å²) in [6.07, 6.45) is 0. The zero-order chi connectivity index (χ0) is 16.0. The van der Waals surface area contributed by atoms with Crippen molar-refractivity contribution in [2.75, 3.05) is 11.9 Å². The lowest BCUT2D eigenvalue weighted by molar-refractivity contribution is -0.125. The number of nitrogens with two attached hydrogens (primary N) is 1. The maximum atomic E-state index is 11.8. The van der Waals surface area contributed by atoms with E-state index >= 15 is 0 Å². The van der Waals surface area contributed by atoms with E-state index in [4.69, 9.17) is 5.73 Å². The molecule has 0 aromatic heterocycles. The van der Waals surface area contributed by atoms with E-state index in [-0.39, 0.29) is 24.3 Å². The summed E-state index contributed by atoms with van der Waals surface area (Å²) in [6.45, 7) is 7.83. The molecule has 4 N–H and O–H groups in total. The number of hydrogen-bond acceptors (Lipinski definition) is 3.